The average molecular weight is 456 g/mol. The van der Waals surface area contributed by atoms with E-state index in [0.717, 1.165) is 23.9 Å². The number of likely N-dealkylation sites (tertiary alicyclic amines) is 2. The Morgan fingerprint density at radius 1 is 1.06 bits per heavy atom. The Morgan fingerprint density at radius 2 is 1.73 bits per heavy atom. The van der Waals surface area contributed by atoms with Crippen LogP contribution in [0.25, 0.3) is 10.9 Å². The number of nitrogens with zero attached hydrogens (tertiary/aromatic N) is 4. The van der Waals surface area contributed by atoms with Gasteiger partial charge in [0.05, 0.1) is 17.5 Å². The molecule has 9 heteroatoms. The van der Waals surface area contributed by atoms with Gasteiger partial charge >= 0.3 is 6.09 Å². The van der Waals surface area contributed by atoms with Gasteiger partial charge in [-0.15, -0.1) is 0 Å². The number of primary amides is 1. The summed E-state index contributed by atoms with van der Waals surface area (Å²) in [4.78, 5) is 40.7. The van der Waals surface area contributed by atoms with E-state index in [1.165, 1.54) is 0 Å². The molecule has 2 aliphatic heterocycles. The van der Waals surface area contributed by atoms with Gasteiger partial charge in [-0.3, -0.25) is 14.3 Å². The summed E-state index contributed by atoms with van der Waals surface area (Å²) in [5.41, 5.74) is 7.04. The number of amides is 3. The second kappa shape index (κ2) is 8.68. The first-order valence-corrected chi connectivity index (χ1v) is 11.6. The molecular weight excluding hydrogens is 422 g/mol. The van der Waals surface area contributed by atoms with E-state index in [1.54, 1.807) is 11.0 Å². The van der Waals surface area contributed by atoms with E-state index in [1.807, 2.05) is 49.4 Å². The minimum Gasteiger partial charge on any atom is -0.444 e. The van der Waals surface area contributed by atoms with Gasteiger partial charge < -0.3 is 20.3 Å². The zero-order chi connectivity index (χ0) is 23.9. The largest absolute Gasteiger partial charge is 0.444 e. The highest BCUT2D eigenvalue weighted by Gasteiger charge is 2.37. The van der Waals surface area contributed by atoms with Crippen LogP contribution in [0.4, 0.5) is 4.79 Å². The highest BCUT2D eigenvalue weighted by atomic mass is 16.6. The van der Waals surface area contributed by atoms with Crippen LogP contribution in [0, 0.1) is 12.8 Å². The van der Waals surface area contributed by atoms with Gasteiger partial charge in [-0.2, -0.15) is 5.10 Å². The number of ether oxygens (including phenoxy) is 1. The van der Waals surface area contributed by atoms with Crippen LogP contribution in [0.5, 0.6) is 0 Å². The summed E-state index contributed by atoms with van der Waals surface area (Å²) in [7, 11) is 0. The number of fused-ring (bicyclic) bond motifs is 1. The topological polar surface area (TPSA) is 111 Å². The molecular formula is C24H33N5O4. The molecule has 1 aromatic heterocycles. The summed E-state index contributed by atoms with van der Waals surface area (Å²) in [6.45, 7) is 9.76. The SMILES string of the molecule is Cc1c2cccc(C(N)=O)c2nn1C1CCN(C(=O)C2CCN(C(=O)OC(C)(C)C)C2)CC1. The number of aryl methyl sites for hydroxylation is 1. The highest BCUT2D eigenvalue weighted by molar-refractivity contribution is 6.05. The quantitative estimate of drug-likeness (QED) is 0.765. The van der Waals surface area contributed by atoms with Crippen molar-refractivity contribution in [2.75, 3.05) is 26.2 Å². The van der Waals surface area contributed by atoms with E-state index in [9.17, 15) is 14.4 Å². The third kappa shape index (κ3) is 4.67. The van der Waals surface area contributed by atoms with E-state index in [-0.39, 0.29) is 24.0 Å². The second-order valence-electron chi connectivity index (χ2n) is 10.1. The fourth-order valence-corrected chi connectivity index (χ4v) is 4.85. The van der Waals surface area contributed by atoms with E-state index in [0.29, 0.717) is 43.7 Å². The lowest BCUT2D eigenvalue weighted by molar-refractivity contribution is -0.136. The summed E-state index contributed by atoms with van der Waals surface area (Å²) in [5, 5.41) is 5.65. The van der Waals surface area contributed by atoms with Crippen LogP contribution >= 0.6 is 0 Å². The molecule has 2 N–H and O–H groups in total. The number of benzene rings is 1. The summed E-state index contributed by atoms with van der Waals surface area (Å²) in [5.74, 6) is -0.554. The summed E-state index contributed by atoms with van der Waals surface area (Å²) < 4.78 is 7.43. The van der Waals surface area contributed by atoms with Crippen LogP contribution in [0.1, 0.15) is 62.1 Å². The Morgan fingerprint density at radius 3 is 2.36 bits per heavy atom. The molecule has 0 radical (unpaired) electrons. The van der Waals surface area contributed by atoms with Crippen molar-refractivity contribution >= 4 is 28.8 Å². The Bertz CT molecular complexity index is 1080. The third-order valence-corrected chi connectivity index (χ3v) is 6.55. The molecule has 0 spiro atoms. The van der Waals surface area contributed by atoms with Crippen molar-refractivity contribution in [3.63, 3.8) is 0 Å². The molecule has 4 rings (SSSR count). The number of hydrogen-bond donors (Lipinski definition) is 1. The molecule has 0 aliphatic carbocycles. The van der Waals surface area contributed by atoms with Crippen LogP contribution in [-0.2, 0) is 9.53 Å². The van der Waals surface area contributed by atoms with Crippen molar-refractivity contribution < 1.29 is 19.1 Å². The molecule has 2 aromatic rings. The zero-order valence-electron chi connectivity index (χ0n) is 19.8. The lowest BCUT2D eigenvalue weighted by Gasteiger charge is -2.34. The summed E-state index contributed by atoms with van der Waals surface area (Å²) in [6.07, 6.45) is 1.88. The van der Waals surface area contributed by atoms with Crippen molar-refractivity contribution in [1.82, 2.24) is 19.6 Å². The number of piperidine rings is 1. The van der Waals surface area contributed by atoms with Gasteiger partial charge in [-0.25, -0.2) is 4.79 Å². The predicted molar refractivity (Wildman–Crippen MR) is 124 cm³/mol. The first kappa shape index (κ1) is 23.1. The van der Waals surface area contributed by atoms with Gasteiger partial charge in [-0.05, 0) is 53.0 Å². The number of rotatable bonds is 3. The maximum atomic E-state index is 13.1. The highest BCUT2D eigenvalue weighted by Crippen LogP contribution is 2.30. The number of nitrogens with two attached hydrogens (primary N) is 1. The molecule has 178 valence electrons. The molecule has 1 atom stereocenters. The molecule has 2 aliphatic rings. The Balaban J connectivity index is 1.38. The van der Waals surface area contributed by atoms with Crippen LogP contribution in [0.3, 0.4) is 0 Å². The van der Waals surface area contributed by atoms with E-state index in [2.05, 4.69) is 0 Å². The first-order chi connectivity index (χ1) is 15.5. The van der Waals surface area contributed by atoms with Gasteiger partial charge in [-0.1, -0.05) is 12.1 Å². The molecule has 3 heterocycles. The standard InChI is InChI=1S/C24H33N5O4/c1-15-18-6-5-7-19(21(25)30)20(18)26-29(15)17-9-12-27(13-10-17)22(31)16-8-11-28(14-16)23(32)33-24(2,3)4/h5-7,16-17H,8-14H2,1-4H3,(H2,25,30). The Hall–Kier alpha value is -3.10. The fourth-order valence-electron chi connectivity index (χ4n) is 4.85. The van der Waals surface area contributed by atoms with Gasteiger partial charge in [0.2, 0.25) is 5.91 Å². The van der Waals surface area contributed by atoms with Crippen LogP contribution < -0.4 is 5.73 Å². The minimum atomic E-state index is -0.547. The van der Waals surface area contributed by atoms with E-state index < -0.39 is 11.5 Å². The third-order valence-electron chi connectivity index (χ3n) is 6.55. The fraction of sp³-hybridized carbons (Fsp3) is 0.583. The lowest BCUT2D eigenvalue weighted by atomic mass is 10.0. The number of hydrogen-bond acceptors (Lipinski definition) is 5. The van der Waals surface area contributed by atoms with Crippen molar-refractivity contribution in [1.29, 1.82) is 0 Å². The molecule has 33 heavy (non-hydrogen) atoms. The van der Waals surface area contributed by atoms with Gasteiger partial charge in [0.25, 0.3) is 5.91 Å². The maximum absolute atomic E-state index is 13.1. The smallest absolute Gasteiger partial charge is 0.410 e. The van der Waals surface area contributed by atoms with Crippen LogP contribution in [0.2, 0.25) is 0 Å². The molecule has 0 bridgehead atoms. The van der Waals surface area contributed by atoms with Crippen molar-refractivity contribution in [2.24, 2.45) is 11.7 Å². The zero-order valence-corrected chi connectivity index (χ0v) is 19.8. The molecule has 1 unspecified atom stereocenters. The molecule has 2 fully saturated rings. The minimum absolute atomic E-state index is 0.109. The van der Waals surface area contributed by atoms with Gasteiger partial charge in [0, 0.05) is 37.3 Å². The summed E-state index contributed by atoms with van der Waals surface area (Å²) >= 11 is 0. The normalized spacial score (nSPS) is 19.8. The van der Waals surface area contributed by atoms with Crippen molar-refractivity contribution in [3.8, 4) is 0 Å². The maximum Gasteiger partial charge on any atom is 0.410 e. The van der Waals surface area contributed by atoms with Crippen molar-refractivity contribution in [2.45, 2.75) is 58.6 Å². The number of aromatic nitrogens is 2. The average Bonchev–Trinajstić information content (AvgIpc) is 3.38. The lowest BCUT2D eigenvalue weighted by Crippen LogP contribution is -2.43. The van der Waals surface area contributed by atoms with E-state index >= 15 is 0 Å². The Kier molecular flexibility index (Phi) is 6.07. The number of carbonyl (C=O) groups excluding carboxylic acids is 3. The first-order valence-electron chi connectivity index (χ1n) is 11.6. The molecule has 0 saturated carbocycles. The van der Waals surface area contributed by atoms with Gasteiger partial charge in [0.15, 0.2) is 0 Å². The molecule has 9 nitrogen and oxygen atoms in total. The Labute approximate surface area is 193 Å². The van der Waals surface area contributed by atoms with Crippen LogP contribution in [-0.4, -0.2) is 69.3 Å². The van der Waals surface area contributed by atoms with Crippen LogP contribution in [0.15, 0.2) is 18.2 Å². The molecule has 1 aromatic carbocycles. The number of carbonyl (C=O) groups is 3. The van der Waals surface area contributed by atoms with E-state index in [4.69, 9.17) is 15.6 Å². The van der Waals surface area contributed by atoms with Crippen molar-refractivity contribution in [3.05, 3.63) is 29.5 Å². The predicted octanol–water partition coefficient (Wildman–Crippen LogP) is 2.86. The summed E-state index contributed by atoms with van der Waals surface area (Å²) in [6, 6.07) is 5.63. The monoisotopic (exact) mass is 455 g/mol. The second-order valence-corrected chi connectivity index (χ2v) is 10.1. The molecule has 2 saturated heterocycles. The van der Waals surface area contributed by atoms with Gasteiger partial charge in [0.1, 0.15) is 11.1 Å². The molecule has 3 amide bonds.